The summed E-state index contributed by atoms with van der Waals surface area (Å²) in [5, 5.41) is 4.63. The molecule has 1 aromatic carbocycles. The fraction of sp³-hybridized carbons (Fsp3) is 0.444. The quantitative estimate of drug-likeness (QED) is 0.519. The Morgan fingerprint density at radius 2 is 2.11 bits per heavy atom. The van der Waals surface area contributed by atoms with Crippen LogP contribution in [0.4, 0.5) is 4.39 Å². The number of hydrogen-bond acceptors (Lipinski definition) is 5. The minimum absolute atomic E-state index is 0.112. The maximum Gasteiger partial charge on any atom is 0.199 e. The SMILES string of the molecule is C=CCn1c([C@@H]2CCS(=O)(=O)C2)nn(CN(C)Cc2ccc(F)cc2)c1=S. The van der Waals surface area contributed by atoms with Gasteiger partial charge in [-0.25, -0.2) is 17.5 Å². The Hall–Kier alpha value is -1.84. The van der Waals surface area contributed by atoms with Crippen LogP contribution in [0.1, 0.15) is 23.7 Å². The Bertz CT molecular complexity index is 980. The lowest BCUT2D eigenvalue weighted by Gasteiger charge is -2.16. The van der Waals surface area contributed by atoms with Crippen LogP contribution in [0.5, 0.6) is 0 Å². The molecule has 0 aliphatic carbocycles. The second-order valence-electron chi connectivity index (χ2n) is 6.92. The monoisotopic (exact) mass is 410 g/mol. The van der Waals surface area contributed by atoms with Crippen molar-refractivity contribution < 1.29 is 12.8 Å². The molecule has 0 unspecified atom stereocenters. The van der Waals surface area contributed by atoms with Gasteiger partial charge in [0.2, 0.25) is 0 Å². The minimum atomic E-state index is -3.01. The average Bonchev–Trinajstić information content (AvgIpc) is 3.11. The molecule has 2 aromatic rings. The lowest BCUT2D eigenvalue weighted by molar-refractivity contribution is 0.243. The predicted molar refractivity (Wildman–Crippen MR) is 105 cm³/mol. The van der Waals surface area contributed by atoms with E-state index in [1.807, 2.05) is 16.5 Å². The fourth-order valence-corrected chi connectivity index (χ4v) is 5.34. The predicted octanol–water partition coefficient (Wildman–Crippen LogP) is 2.73. The van der Waals surface area contributed by atoms with E-state index in [2.05, 4.69) is 11.7 Å². The number of hydrogen-bond donors (Lipinski definition) is 0. The third-order valence-electron chi connectivity index (χ3n) is 4.60. The van der Waals surface area contributed by atoms with E-state index in [4.69, 9.17) is 12.2 Å². The molecule has 0 amide bonds. The van der Waals surface area contributed by atoms with Gasteiger partial charge in [0.1, 0.15) is 11.6 Å². The van der Waals surface area contributed by atoms with E-state index in [-0.39, 0.29) is 23.2 Å². The highest BCUT2D eigenvalue weighted by atomic mass is 32.2. The summed E-state index contributed by atoms with van der Waals surface area (Å²) in [4.78, 5) is 2.02. The van der Waals surface area contributed by atoms with Crippen molar-refractivity contribution in [2.45, 2.75) is 32.1 Å². The molecule has 6 nitrogen and oxygen atoms in total. The summed E-state index contributed by atoms with van der Waals surface area (Å²) in [7, 11) is -1.08. The minimum Gasteiger partial charge on any atom is -0.300 e. The van der Waals surface area contributed by atoms with Gasteiger partial charge in [0.25, 0.3) is 0 Å². The molecule has 9 heteroatoms. The molecule has 146 valence electrons. The maximum absolute atomic E-state index is 13.1. The molecule has 1 aromatic heterocycles. The summed E-state index contributed by atoms with van der Waals surface area (Å²) >= 11 is 5.56. The first-order chi connectivity index (χ1) is 12.8. The van der Waals surface area contributed by atoms with Crippen molar-refractivity contribution in [3.8, 4) is 0 Å². The number of sulfone groups is 1. The average molecular weight is 411 g/mol. The van der Waals surface area contributed by atoms with E-state index in [1.165, 1.54) is 12.1 Å². The molecule has 0 bridgehead atoms. The number of halogens is 1. The number of aromatic nitrogens is 3. The van der Waals surface area contributed by atoms with Crippen molar-refractivity contribution in [1.29, 1.82) is 0 Å². The second kappa shape index (κ2) is 8.04. The highest BCUT2D eigenvalue weighted by Crippen LogP contribution is 2.28. The Balaban J connectivity index is 1.81. The standard InChI is InChI=1S/C18H23FN4O2S2/c1-3-9-22-17(15-8-10-27(24,25)12-15)20-23(18(22)26)13-21(2)11-14-4-6-16(19)7-5-14/h3-7,15H,1,8-13H2,2H3/t15-/m1/s1. The fourth-order valence-electron chi connectivity index (χ4n) is 3.33. The zero-order valence-electron chi connectivity index (χ0n) is 15.2. The van der Waals surface area contributed by atoms with Crippen molar-refractivity contribution in [2.24, 2.45) is 0 Å². The molecule has 1 saturated heterocycles. The van der Waals surface area contributed by atoms with Gasteiger partial charge in [-0.3, -0.25) is 9.47 Å². The first-order valence-corrected chi connectivity index (χ1v) is 10.9. The molecular formula is C18H23FN4O2S2. The first kappa shape index (κ1) is 19.9. The van der Waals surface area contributed by atoms with Crippen LogP contribution in [0.3, 0.4) is 0 Å². The van der Waals surface area contributed by atoms with Crippen LogP contribution in [0.2, 0.25) is 0 Å². The number of allylic oxidation sites excluding steroid dienone is 1. The van der Waals surface area contributed by atoms with Crippen LogP contribution in [0.15, 0.2) is 36.9 Å². The lowest BCUT2D eigenvalue weighted by atomic mass is 10.1. The van der Waals surface area contributed by atoms with E-state index in [1.54, 1.807) is 22.9 Å². The Labute approximate surface area is 163 Å². The zero-order valence-corrected chi connectivity index (χ0v) is 16.8. The summed E-state index contributed by atoms with van der Waals surface area (Å²) in [6.07, 6.45) is 2.30. The van der Waals surface area contributed by atoms with Crippen molar-refractivity contribution in [1.82, 2.24) is 19.2 Å². The smallest absolute Gasteiger partial charge is 0.199 e. The molecule has 27 heavy (non-hydrogen) atoms. The van der Waals surface area contributed by atoms with Gasteiger partial charge < -0.3 is 0 Å². The molecule has 1 aliphatic rings. The van der Waals surface area contributed by atoms with E-state index in [9.17, 15) is 12.8 Å². The largest absolute Gasteiger partial charge is 0.300 e. The van der Waals surface area contributed by atoms with Crippen LogP contribution < -0.4 is 0 Å². The van der Waals surface area contributed by atoms with Crippen LogP contribution >= 0.6 is 12.2 Å². The molecule has 0 N–H and O–H groups in total. The molecule has 0 radical (unpaired) electrons. The van der Waals surface area contributed by atoms with Gasteiger partial charge in [0, 0.05) is 19.0 Å². The molecule has 1 atom stereocenters. The van der Waals surface area contributed by atoms with Gasteiger partial charge in [0.05, 0.1) is 18.2 Å². The van der Waals surface area contributed by atoms with Crippen LogP contribution in [-0.2, 0) is 29.6 Å². The van der Waals surface area contributed by atoms with Crippen molar-refractivity contribution in [3.05, 3.63) is 58.9 Å². The number of benzene rings is 1. The van der Waals surface area contributed by atoms with Crippen LogP contribution in [0, 0.1) is 10.6 Å². The zero-order chi connectivity index (χ0) is 19.6. The summed E-state index contributed by atoms with van der Waals surface area (Å²) in [5.41, 5.74) is 0.984. The Kier molecular flexibility index (Phi) is 5.92. The van der Waals surface area contributed by atoms with Gasteiger partial charge in [-0.05, 0) is 43.4 Å². The molecule has 1 fully saturated rings. The number of rotatable bonds is 7. The number of nitrogens with zero attached hydrogens (tertiary/aromatic N) is 4. The van der Waals surface area contributed by atoms with E-state index >= 15 is 0 Å². The van der Waals surface area contributed by atoms with Crippen LogP contribution in [-0.4, -0.2) is 46.2 Å². The van der Waals surface area contributed by atoms with Gasteiger partial charge in [-0.2, -0.15) is 5.10 Å². The molecule has 0 spiro atoms. The molecule has 2 heterocycles. The first-order valence-electron chi connectivity index (χ1n) is 8.71. The Morgan fingerprint density at radius 1 is 1.41 bits per heavy atom. The van der Waals surface area contributed by atoms with Crippen molar-refractivity contribution in [3.63, 3.8) is 0 Å². The summed E-state index contributed by atoms with van der Waals surface area (Å²) in [5.74, 6) is 0.608. The van der Waals surface area contributed by atoms with E-state index in [0.717, 1.165) is 5.56 Å². The third-order valence-corrected chi connectivity index (χ3v) is 6.80. The van der Waals surface area contributed by atoms with Gasteiger partial charge in [-0.15, -0.1) is 6.58 Å². The Morgan fingerprint density at radius 3 is 2.70 bits per heavy atom. The topological polar surface area (TPSA) is 60.1 Å². The molecule has 3 rings (SSSR count). The summed E-state index contributed by atoms with van der Waals surface area (Å²) in [6.45, 7) is 5.32. The summed E-state index contributed by atoms with van der Waals surface area (Å²) in [6, 6.07) is 6.37. The van der Waals surface area contributed by atoms with Crippen LogP contribution in [0.25, 0.3) is 0 Å². The van der Waals surface area contributed by atoms with Crippen molar-refractivity contribution >= 4 is 22.1 Å². The van der Waals surface area contributed by atoms with Crippen molar-refractivity contribution in [2.75, 3.05) is 18.6 Å². The maximum atomic E-state index is 13.1. The molecule has 1 aliphatic heterocycles. The summed E-state index contributed by atoms with van der Waals surface area (Å²) < 4.78 is 40.9. The normalized spacial score (nSPS) is 18.9. The second-order valence-corrected chi connectivity index (χ2v) is 9.52. The molecular weight excluding hydrogens is 387 g/mol. The van der Waals surface area contributed by atoms with Gasteiger partial charge >= 0.3 is 0 Å². The highest BCUT2D eigenvalue weighted by Gasteiger charge is 2.33. The van der Waals surface area contributed by atoms with E-state index < -0.39 is 9.84 Å². The van der Waals surface area contributed by atoms with E-state index in [0.29, 0.717) is 36.8 Å². The highest BCUT2D eigenvalue weighted by molar-refractivity contribution is 7.91. The van der Waals surface area contributed by atoms with Gasteiger partial charge in [-0.1, -0.05) is 18.2 Å². The lowest BCUT2D eigenvalue weighted by Crippen LogP contribution is -2.22. The van der Waals surface area contributed by atoms with Gasteiger partial charge in [0.15, 0.2) is 14.6 Å². The third kappa shape index (κ3) is 4.72. The molecule has 0 saturated carbocycles.